The maximum Gasteiger partial charge on any atom is 0.292 e. The second-order valence-corrected chi connectivity index (χ2v) is 20.4. The Balaban J connectivity index is 0.000000252. The Labute approximate surface area is 484 Å². The van der Waals surface area contributed by atoms with E-state index < -0.39 is 0 Å². The summed E-state index contributed by atoms with van der Waals surface area (Å²) < 4.78 is 30.3. The number of rotatable bonds is 12. The summed E-state index contributed by atoms with van der Waals surface area (Å²) in [5, 5.41) is 52.6. The molecule has 18 heteroatoms. The monoisotopic (exact) mass is 1160 g/mol. The molecule has 0 bridgehead atoms. The minimum atomic E-state index is 0.116. The topological polar surface area (TPSA) is 198 Å². The van der Waals surface area contributed by atoms with Crippen LogP contribution in [0.4, 0.5) is 0 Å². The lowest BCUT2D eigenvalue weighted by Crippen LogP contribution is -2.01. The molecule has 0 aromatic heterocycles. The molecule has 0 amide bonds. The van der Waals surface area contributed by atoms with Gasteiger partial charge in [-0.15, -0.1) is 31.6 Å². The van der Waals surface area contributed by atoms with Crippen molar-refractivity contribution in [1.82, 2.24) is 0 Å². The average molecular weight is 1160 g/mol. The lowest BCUT2D eigenvalue weighted by atomic mass is 9.89. The lowest BCUT2D eigenvalue weighted by Gasteiger charge is -2.18. The molecule has 0 fully saturated rings. The van der Waals surface area contributed by atoms with Crippen molar-refractivity contribution in [1.29, 1.82) is 31.6 Å². The number of benzene rings is 6. The predicted molar refractivity (Wildman–Crippen MR) is 306 cm³/mol. The highest BCUT2D eigenvalue weighted by Gasteiger charge is 2.22. The summed E-state index contributed by atoms with van der Waals surface area (Å²) in [6.45, 7) is 22.5. The number of nitriles is 6. The van der Waals surface area contributed by atoms with Crippen molar-refractivity contribution in [3.63, 3.8) is 0 Å². The van der Waals surface area contributed by atoms with Gasteiger partial charge in [-0.05, 0) is 244 Å². The van der Waals surface area contributed by atoms with Gasteiger partial charge in [0.2, 0.25) is 0 Å². The van der Waals surface area contributed by atoms with Gasteiger partial charge in [0.25, 0.3) is 37.5 Å². The molecule has 0 heterocycles. The van der Waals surface area contributed by atoms with Crippen LogP contribution in [-0.4, -0.2) is 0 Å². The number of hydrogen-bond donors (Lipinski definition) is 0. The molecule has 0 radical (unpaired) electrons. The standard InChI is InChI=1S/3C20H16Cl2N2O2/c1-11-7-17(25-9-23)13(3)5-15(11)19(20(21)22)16-6-14(4)18(26-10-24)8-12(16)2;1-11-5-15(6-12(2)18(11)25-9-23)17(20(21)22)16-7-13(3)19(26-10-24)14(4)8-16;1-11-13(3)17(25-9-23)7-5-15(11)19(20(21)22)16-6-8-18(26-10-24)14(4)12(16)2/h3*5-8H,1-4H3. The molecule has 0 aliphatic carbocycles. The molecule has 396 valence electrons. The van der Waals surface area contributed by atoms with Gasteiger partial charge in [-0.2, -0.15) is 0 Å². The first kappa shape index (κ1) is 62.6. The summed E-state index contributed by atoms with van der Waals surface area (Å²) in [5.74, 6) is 3.00. The molecule has 0 unspecified atom stereocenters. The second-order valence-electron chi connectivity index (χ2n) is 17.5. The smallest absolute Gasteiger partial charge is 0.292 e. The van der Waals surface area contributed by atoms with E-state index in [9.17, 15) is 0 Å². The Bertz CT molecular complexity index is 3380. The fraction of sp³-hybridized carbons (Fsp3) is 0.200. The molecule has 6 rings (SSSR count). The van der Waals surface area contributed by atoms with Gasteiger partial charge < -0.3 is 28.4 Å². The summed E-state index contributed by atoms with van der Waals surface area (Å²) in [7, 11) is 0. The second kappa shape index (κ2) is 28.4. The highest BCUT2D eigenvalue weighted by atomic mass is 35.5. The zero-order valence-corrected chi connectivity index (χ0v) is 48.9. The van der Waals surface area contributed by atoms with E-state index in [0.29, 0.717) is 51.2 Å². The van der Waals surface area contributed by atoms with E-state index in [1.54, 1.807) is 61.8 Å². The third-order valence-electron chi connectivity index (χ3n) is 12.6. The van der Waals surface area contributed by atoms with Gasteiger partial charge in [0, 0.05) is 16.7 Å². The molecule has 0 saturated carbocycles. The maximum atomic E-state index is 8.79. The minimum absolute atomic E-state index is 0.116. The number of hydrogen-bond acceptors (Lipinski definition) is 12. The van der Waals surface area contributed by atoms with E-state index in [4.69, 9.17) is 130 Å². The molecule has 0 aliphatic heterocycles. The molecular formula is C60H48Cl6N6O6. The number of aryl methyl sites for hydroxylation is 8. The largest absolute Gasteiger partial charge is 0.388 e. The molecule has 12 nitrogen and oxygen atoms in total. The summed E-state index contributed by atoms with van der Waals surface area (Å²) in [6, 6.07) is 21.9. The summed E-state index contributed by atoms with van der Waals surface area (Å²) in [6.07, 6.45) is 10.1. The van der Waals surface area contributed by atoms with Crippen molar-refractivity contribution < 1.29 is 28.4 Å². The highest BCUT2D eigenvalue weighted by Crippen LogP contribution is 2.42. The van der Waals surface area contributed by atoms with Gasteiger partial charge in [0.05, 0.1) is 0 Å². The van der Waals surface area contributed by atoms with Crippen LogP contribution in [0.15, 0.2) is 86.3 Å². The van der Waals surface area contributed by atoms with Crippen LogP contribution in [0.1, 0.15) is 100 Å². The van der Waals surface area contributed by atoms with Crippen molar-refractivity contribution in [3.8, 4) is 72.0 Å². The van der Waals surface area contributed by atoms with Crippen LogP contribution in [0.5, 0.6) is 34.5 Å². The van der Waals surface area contributed by atoms with Gasteiger partial charge in [-0.1, -0.05) is 81.7 Å². The summed E-state index contributed by atoms with van der Waals surface area (Å²) in [4.78, 5) is 0. The van der Waals surface area contributed by atoms with Gasteiger partial charge in [-0.3, -0.25) is 0 Å². The maximum absolute atomic E-state index is 8.79. The molecule has 6 aromatic rings. The molecule has 78 heavy (non-hydrogen) atoms. The van der Waals surface area contributed by atoms with Gasteiger partial charge in [-0.25, -0.2) is 0 Å². The van der Waals surface area contributed by atoms with E-state index in [2.05, 4.69) is 0 Å². The Morgan fingerprint density at radius 2 is 0.577 bits per heavy atom. The van der Waals surface area contributed by atoms with E-state index >= 15 is 0 Å². The first-order valence-corrected chi connectivity index (χ1v) is 25.4. The Hall–Kier alpha value is -7.98. The third-order valence-corrected chi connectivity index (χ3v) is 13.7. The molecule has 0 N–H and O–H groups in total. The highest BCUT2D eigenvalue weighted by molar-refractivity contribution is 6.60. The number of nitrogens with zero attached hydrogens (tertiary/aromatic N) is 6. The average Bonchev–Trinajstić information content (AvgIpc) is 3.36. The quantitative estimate of drug-likeness (QED) is 0.105. The number of halogens is 6. The zero-order valence-electron chi connectivity index (χ0n) is 44.3. The Morgan fingerprint density at radius 1 is 0.295 bits per heavy atom. The Morgan fingerprint density at radius 3 is 0.859 bits per heavy atom. The van der Waals surface area contributed by atoms with Gasteiger partial charge >= 0.3 is 0 Å². The minimum Gasteiger partial charge on any atom is -0.388 e. The van der Waals surface area contributed by atoms with Crippen LogP contribution in [-0.2, 0) is 0 Å². The van der Waals surface area contributed by atoms with Crippen LogP contribution >= 0.6 is 69.6 Å². The van der Waals surface area contributed by atoms with Crippen molar-refractivity contribution in [2.24, 2.45) is 0 Å². The van der Waals surface area contributed by atoms with Gasteiger partial charge in [0.15, 0.2) is 0 Å². The van der Waals surface area contributed by atoms with Crippen LogP contribution in [0.25, 0.3) is 16.7 Å². The lowest BCUT2D eigenvalue weighted by molar-refractivity contribution is 0.499. The van der Waals surface area contributed by atoms with Crippen molar-refractivity contribution in [3.05, 3.63) is 186 Å². The molecule has 0 spiro atoms. The fourth-order valence-corrected chi connectivity index (χ4v) is 9.82. The zero-order chi connectivity index (χ0) is 58.3. The van der Waals surface area contributed by atoms with Crippen LogP contribution < -0.4 is 28.4 Å². The fourth-order valence-electron chi connectivity index (χ4n) is 8.57. The first-order valence-electron chi connectivity index (χ1n) is 23.1. The van der Waals surface area contributed by atoms with E-state index in [-0.39, 0.29) is 13.5 Å². The molecule has 6 aromatic carbocycles. The first-order chi connectivity index (χ1) is 36.9. The molecule has 0 atom stereocenters. The molecular weight excluding hydrogens is 1110 g/mol. The van der Waals surface area contributed by atoms with Gasteiger partial charge in [0.1, 0.15) is 48.0 Å². The Kier molecular flexibility index (Phi) is 22.8. The van der Waals surface area contributed by atoms with Crippen molar-refractivity contribution in [2.75, 3.05) is 0 Å². The van der Waals surface area contributed by atoms with Crippen molar-refractivity contribution in [2.45, 2.75) is 83.1 Å². The SMILES string of the molecule is Cc1c(OC#N)ccc(C(=C(Cl)Cl)c2ccc(OC#N)c(C)c2C)c1C.Cc1cc(C(=C(Cl)Cl)c2cc(C)c(OC#N)c(C)c2)cc(C)c1OC#N.Cc1cc(C(=C(Cl)Cl)c2cc(C)c(OC#N)cc2C)c(C)cc1OC#N. The van der Waals surface area contributed by atoms with Crippen LogP contribution in [0, 0.1) is 152 Å². The number of ether oxygens (including phenoxy) is 6. The molecule has 0 saturated heterocycles. The normalized spacial score (nSPS) is 9.85. The van der Waals surface area contributed by atoms with E-state index in [0.717, 1.165) is 100 Å². The molecule has 0 aliphatic rings. The summed E-state index contributed by atoms with van der Waals surface area (Å²) in [5.41, 5.74) is 16.9. The van der Waals surface area contributed by atoms with Crippen LogP contribution in [0.2, 0.25) is 0 Å². The third kappa shape index (κ3) is 14.7. The summed E-state index contributed by atoms with van der Waals surface area (Å²) >= 11 is 37.4. The van der Waals surface area contributed by atoms with E-state index in [1.807, 2.05) is 132 Å². The van der Waals surface area contributed by atoms with Crippen molar-refractivity contribution >= 4 is 86.3 Å². The van der Waals surface area contributed by atoms with Crippen LogP contribution in [0.3, 0.4) is 0 Å². The predicted octanol–water partition coefficient (Wildman–Crippen LogP) is 17.5. The van der Waals surface area contributed by atoms with E-state index in [1.165, 1.54) is 0 Å².